The summed E-state index contributed by atoms with van der Waals surface area (Å²) in [6.45, 7) is 7.54. The van der Waals surface area contributed by atoms with Gasteiger partial charge in [-0.15, -0.1) is 0 Å². The first-order valence-electron chi connectivity index (χ1n) is 11.7. The van der Waals surface area contributed by atoms with E-state index in [-0.39, 0.29) is 39.8 Å². The Morgan fingerprint density at radius 2 is 1.74 bits per heavy atom. The lowest BCUT2D eigenvalue weighted by Gasteiger charge is -2.18. The van der Waals surface area contributed by atoms with Gasteiger partial charge in [0.2, 0.25) is 5.69 Å². The van der Waals surface area contributed by atoms with Gasteiger partial charge in [0.05, 0.1) is 31.5 Å². The monoisotopic (exact) mass is 479 g/mol. The Morgan fingerprint density at radius 1 is 1.06 bits per heavy atom. The zero-order valence-corrected chi connectivity index (χ0v) is 19.8. The molecule has 2 aromatic carbocycles. The third-order valence-electron chi connectivity index (χ3n) is 6.45. The highest BCUT2D eigenvalue weighted by Gasteiger charge is 2.22. The van der Waals surface area contributed by atoms with Crippen LogP contribution in [0.2, 0.25) is 0 Å². The minimum atomic E-state index is -0.729. The van der Waals surface area contributed by atoms with Crippen LogP contribution in [-0.2, 0) is 7.05 Å². The Labute approximate surface area is 203 Å². The van der Waals surface area contributed by atoms with Crippen molar-refractivity contribution in [3.05, 3.63) is 69.8 Å². The number of nitrogens with zero attached hydrogens (tertiary/aromatic N) is 3. The van der Waals surface area contributed by atoms with Gasteiger partial charge >= 0.3 is 0 Å². The maximum absolute atomic E-state index is 14.5. The molecule has 1 aromatic heterocycles. The summed E-state index contributed by atoms with van der Waals surface area (Å²) in [5.41, 5.74) is 0.230. The molecule has 0 radical (unpaired) electrons. The molecule has 8 heteroatoms. The van der Waals surface area contributed by atoms with Crippen LogP contribution in [0.3, 0.4) is 0 Å². The standard InChI is InChI=1S/C27H27F2N3O3/c1-30-22-12-10-19(15-20(22)28)25-24(18-11-13-23(34-3)21(29)14-18)26(33)32(2)27(31-25)35-16-17-8-6-4-5-7-9-17/h10-15,17H,4-9,16H2,2-3H3. The van der Waals surface area contributed by atoms with E-state index in [9.17, 15) is 13.6 Å². The molecule has 1 saturated carbocycles. The number of methoxy groups -OCH3 is 1. The van der Waals surface area contributed by atoms with Gasteiger partial charge in [0.1, 0.15) is 5.82 Å². The number of benzene rings is 2. The highest BCUT2D eigenvalue weighted by Crippen LogP contribution is 2.34. The topological polar surface area (TPSA) is 57.7 Å². The molecule has 0 N–H and O–H groups in total. The van der Waals surface area contributed by atoms with Crippen LogP contribution in [-0.4, -0.2) is 23.3 Å². The number of hydrogen-bond donors (Lipinski definition) is 0. The molecule has 0 spiro atoms. The fourth-order valence-corrected chi connectivity index (χ4v) is 4.47. The Balaban J connectivity index is 1.83. The van der Waals surface area contributed by atoms with Crippen LogP contribution in [0.4, 0.5) is 14.5 Å². The zero-order chi connectivity index (χ0) is 24.9. The molecule has 0 amide bonds. The van der Waals surface area contributed by atoms with Crippen molar-refractivity contribution in [1.82, 2.24) is 9.55 Å². The lowest BCUT2D eigenvalue weighted by Crippen LogP contribution is -2.25. The second-order valence-corrected chi connectivity index (χ2v) is 8.78. The summed E-state index contributed by atoms with van der Waals surface area (Å²) in [6, 6.07) is 8.30. The van der Waals surface area contributed by atoms with Crippen LogP contribution in [0.25, 0.3) is 27.2 Å². The Morgan fingerprint density at radius 3 is 2.37 bits per heavy atom. The second kappa shape index (κ2) is 10.7. The molecule has 182 valence electrons. The molecule has 3 aromatic rings. The van der Waals surface area contributed by atoms with Crippen molar-refractivity contribution in [2.24, 2.45) is 13.0 Å². The molecule has 0 saturated heterocycles. The SMILES string of the molecule is [C-]#[N+]c1ccc(-c2nc(OCC3CCCCCC3)n(C)c(=O)c2-c2ccc(OC)c(F)c2)cc1F. The van der Waals surface area contributed by atoms with Crippen LogP contribution in [0, 0.1) is 24.1 Å². The van der Waals surface area contributed by atoms with E-state index >= 15 is 0 Å². The molecular formula is C27H27F2N3O3. The second-order valence-electron chi connectivity index (χ2n) is 8.78. The molecular weight excluding hydrogens is 452 g/mol. The molecule has 0 bridgehead atoms. The summed E-state index contributed by atoms with van der Waals surface area (Å²) in [6.07, 6.45) is 6.87. The predicted octanol–water partition coefficient (Wildman–Crippen LogP) is 6.30. The van der Waals surface area contributed by atoms with Gasteiger partial charge in [-0.25, -0.2) is 13.6 Å². The van der Waals surface area contributed by atoms with Gasteiger partial charge in [0, 0.05) is 12.6 Å². The quantitative estimate of drug-likeness (QED) is 0.308. The normalized spacial score (nSPS) is 14.3. The van der Waals surface area contributed by atoms with E-state index in [2.05, 4.69) is 9.83 Å². The minimum Gasteiger partial charge on any atom is -0.494 e. The smallest absolute Gasteiger partial charge is 0.299 e. The third-order valence-corrected chi connectivity index (χ3v) is 6.45. The fraction of sp³-hybridized carbons (Fsp3) is 0.370. The molecule has 1 fully saturated rings. The first-order chi connectivity index (χ1) is 16.9. The number of rotatable bonds is 6. The summed E-state index contributed by atoms with van der Waals surface area (Å²) in [5.74, 6) is -0.950. The summed E-state index contributed by atoms with van der Waals surface area (Å²) in [7, 11) is 2.90. The van der Waals surface area contributed by atoms with Crippen molar-refractivity contribution in [3.8, 4) is 34.1 Å². The maximum atomic E-state index is 14.5. The average Bonchev–Trinajstić information content (AvgIpc) is 3.13. The van der Waals surface area contributed by atoms with Crippen LogP contribution in [0.15, 0.2) is 41.2 Å². The molecule has 1 aliphatic rings. The molecule has 0 unspecified atom stereocenters. The largest absolute Gasteiger partial charge is 0.494 e. The summed E-state index contributed by atoms with van der Waals surface area (Å²) in [5, 5.41) is 0. The van der Waals surface area contributed by atoms with Crippen LogP contribution in [0.5, 0.6) is 11.8 Å². The van der Waals surface area contributed by atoms with E-state index in [4.69, 9.17) is 16.0 Å². The molecule has 35 heavy (non-hydrogen) atoms. The fourth-order valence-electron chi connectivity index (χ4n) is 4.47. The van der Waals surface area contributed by atoms with E-state index in [1.165, 1.54) is 48.8 Å². The van der Waals surface area contributed by atoms with Gasteiger partial charge in [0.25, 0.3) is 11.6 Å². The van der Waals surface area contributed by atoms with Gasteiger partial charge in [-0.3, -0.25) is 9.36 Å². The van der Waals surface area contributed by atoms with Crippen molar-refractivity contribution in [3.63, 3.8) is 0 Å². The van der Waals surface area contributed by atoms with E-state index in [0.29, 0.717) is 12.5 Å². The highest BCUT2D eigenvalue weighted by atomic mass is 19.1. The van der Waals surface area contributed by atoms with Gasteiger partial charge in [-0.2, -0.15) is 4.98 Å². The van der Waals surface area contributed by atoms with Gasteiger partial charge < -0.3 is 9.47 Å². The highest BCUT2D eigenvalue weighted by molar-refractivity contribution is 5.81. The van der Waals surface area contributed by atoms with Crippen molar-refractivity contribution >= 4 is 5.69 Å². The van der Waals surface area contributed by atoms with Crippen molar-refractivity contribution in [2.45, 2.75) is 38.5 Å². The molecule has 6 nitrogen and oxygen atoms in total. The molecule has 1 heterocycles. The van der Waals surface area contributed by atoms with E-state index in [1.54, 1.807) is 13.1 Å². The molecule has 4 rings (SSSR count). The van der Waals surface area contributed by atoms with Crippen LogP contribution in [0.1, 0.15) is 38.5 Å². The number of ether oxygens (including phenoxy) is 2. The first kappa shape index (κ1) is 24.4. The van der Waals surface area contributed by atoms with Crippen molar-refractivity contribution in [1.29, 1.82) is 0 Å². The first-order valence-corrected chi connectivity index (χ1v) is 11.7. The summed E-state index contributed by atoms with van der Waals surface area (Å²) >= 11 is 0. The predicted molar refractivity (Wildman–Crippen MR) is 130 cm³/mol. The Kier molecular flexibility index (Phi) is 7.45. The molecule has 1 aliphatic carbocycles. The van der Waals surface area contributed by atoms with Crippen LogP contribution < -0.4 is 15.0 Å². The van der Waals surface area contributed by atoms with Gasteiger partial charge in [0.15, 0.2) is 11.6 Å². The number of halogens is 2. The average molecular weight is 480 g/mol. The van der Waals surface area contributed by atoms with E-state index in [0.717, 1.165) is 31.7 Å². The van der Waals surface area contributed by atoms with E-state index in [1.807, 2.05) is 0 Å². The van der Waals surface area contributed by atoms with Gasteiger partial charge in [-0.05, 0) is 42.5 Å². The maximum Gasteiger partial charge on any atom is 0.299 e. The van der Waals surface area contributed by atoms with Crippen molar-refractivity contribution < 1.29 is 18.3 Å². The summed E-state index contributed by atoms with van der Waals surface area (Å²) in [4.78, 5) is 21.3. The van der Waals surface area contributed by atoms with Crippen molar-refractivity contribution in [2.75, 3.05) is 13.7 Å². The molecule has 0 atom stereocenters. The Bertz CT molecular complexity index is 1320. The Hall–Kier alpha value is -3.73. The molecule has 0 aliphatic heterocycles. The number of hydrogen-bond acceptors (Lipinski definition) is 4. The van der Waals surface area contributed by atoms with Crippen LogP contribution >= 0.6 is 0 Å². The van der Waals surface area contributed by atoms with Gasteiger partial charge in [-0.1, -0.05) is 43.9 Å². The summed E-state index contributed by atoms with van der Waals surface area (Å²) < 4.78 is 41.3. The lowest BCUT2D eigenvalue weighted by atomic mass is 9.99. The third kappa shape index (κ3) is 5.19. The lowest BCUT2D eigenvalue weighted by molar-refractivity contribution is 0.209. The minimum absolute atomic E-state index is 0.0379. The van der Waals surface area contributed by atoms with E-state index < -0.39 is 17.2 Å². The number of aromatic nitrogens is 2. The zero-order valence-electron chi connectivity index (χ0n) is 19.8.